The number of ether oxygens (including phenoxy) is 1. The first-order chi connectivity index (χ1) is 14.3. The lowest BCUT2D eigenvalue weighted by atomic mass is 10.1. The van der Waals surface area contributed by atoms with Gasteiger partial charge in [0.25, 0.3) is 0 Å². The number of benzene rings is 2. The molecule has 30 heavy (non-hydrogen) atoms. The maximum Gasteiger partial charge on any atom is 0.193 e. The molecule has 2 heterocycles. The van der Waals surface area contributed by atoms with Gasteiger partial charge in [-0.15, -0.1) is 24.0 Å². The number of piperidine rings is 1. The normalized spacial score (nSPS) is 20.0. The molecule has 0 saturated carbocycles. The van der Waals surface area contributed by atoms with E-state index in [-0.39, 0.29) is 24.0 Å². The Hall–Kier alpha value is -1.96. The highest BCUT2D eigenvalue weighted by Gasteiger charge is 2.25. The number of nitrogens with zero attached hydrogens (tertiary/aromatic N) is 3. The van der Waals surface area contributed by atoms with Crippen molar-refractivity contribution in [3.05, 3.63) is 60.7 Å². The Kier molecular flexibility index (Phi) is 8.66. The van der Waals surface area contributed by atoms with E-state index in [9.17, 15) is 0 Å². The van der Waals surface area contributed by atoms with E-state index >= 15 is 0 Å². The van der Waals surface area contributed by atoms with Gasteiger partial charge in [0, 0.05) is 58.3 Å². The molecule has 2 aliphatic rings. The van der Waals surface area contributed by atoms with Crippen LogP contribution in [0.2, 0.25) is 0 Å². The predicted molar refractivity (Wildman–Crippen MR) is 135 cm³/mol. The standard InChI is InChI=1S/C24H32N4O.HI/c1-25-24(26-18-20-12-15-28(19-20)21-8-4-2-5-9-21)27-16-13-23(14-17-27)29-22-10-6-3-7-11-22;/h2-11,20,23H,12-19H2,1H3,(H,25,26);1H. The lowest BCUT2D eigenvalue weighted by Crippen LogP contribution is -2.48. The molecule has 6 heteroatoms. The minimum atomic E-state index is 0. The van der Waals surface area contributed by atoms with Crippen molar-refractivity contribution in [3.63, 3.8) is 0 Å². The summed E-state index contributed by atoms with van der Waals surface area (Å²) >= 11 is 0. The number of anilines is 1. The summed E-state index contributed by atoms with van der Waals surface area (Å²) in [5, 5.41) is 3.63. The quantitative estimate of drug-likeness (QED) is 0.364. The zero-order chi connectivity index (χ0) is 19.9. The Morgan fingerprint density at radius 2 is 1.63 bits per heavy atom. The summed E-state index contributed by atoms with van der Waals surface area (Å²) in [7, 11) is 1.89. The summed E-state index contributed by atoms with van der Waals surface area (Å²) in [6.07, 6.45) is 3.58. The third kappa shape index (κ3) is 6.03. The summed E-state index contributed by atoms with van der Waals surface area (Å²) in [5.41, 5.74) is 1.33. The highest BCUT2D eigenvalue weighted by molar-refractivity contribution is 14.0. The van der Waals surface area contributed by atoms with Gasteiger partial charge in [-0.05, 0) is 36.6 Å². The zero-order valence-electron chi connectivity index (χ0n) is 17.7. The Morgan fingerprint density at radius 3 is 2.30 bits per heavy atom. The molecule has 0 amide bonds. The Labute approximate surface area is 197 Å². The van der Waals surface area contributed by atoms with Gasteiger partial charge < -0.3 is 19.9 Å². The molecule has 0 spiro atoms. The smallest absolute Gasteiger partial charge is 0.193 e. The van der Waals surface area contributed by atoms with E-state index in [1.54, 1.807) is 0 Å². The van der Waals surface area contributed by atoms with Gasteiger partial charge >= 0.3 is 0 Å². The number of guanidine groups is 1. The molecule has 2 fully saturated rings. The van der Waals surface area contributed by atoms with Crippen molar-refractivity contribution >= 4 is 35.6 Å². The van der Waals surface area contributed by atoms with Crippen LogP contribution in [0.4, 0.5) is 5.69 Å². The van der Waals surface area contributed by atoms with Crippen LogP contribution >= 0.6 is 24.0 Å². The third-order valence-corrected chi connectivity index (χ3v) is 5.96. The maximum atomic E-state index is 6.12. The molecular formula is C24H33IN4O. The van der Waals surface area contributed by atoms with Gasteiger partial charge in [0.2, 0.25) is 0 Å². The lowest BCUT2D eigenvalue weighted by Gasteiger charge is -2.34. The minimum absolute atomic E-state index is 0. The van der Waals surface area contributed by atoms with E-state index in [1.807, 2.05) is 37.4 Å². The van der Waals surface area contributed by atoms with Crippen LogP contribution in [0.1, 0.15) is 19.3 Å². The number of nitrogens with one attached hydrogen (secondary N) is 1. The van der Waals surface area contributed by atoms with Crippen molar-refractivity contribution in [2.75, 3.05) is 44.7 Å². The fourth-order valence-electron chi connectivity index (χ4n) is 4.32. The summed E-state index contributed by atoms with van der Waals surface area (Å²) in [6, 6.07) is 20.9. The van der Waals surface area contributed by atoms with Gasteiger partial charge in [0.15, 0.2) is 5.96 Å². The van der Waals surface area contributed by atoms with E-state index in [2.05, 4.69) is 50.4 Å². The van der Waals surface area contributed by atoms with Gasteiger partial charge in [-0.1, -0.05) is 36.4 Å². The van der Waals surface area contributed by atoms with Gasteiger partial charge in [-0.25, -0.2) is 0 Å². The van der Waals surface area contributed by atoms with Gasteiger partial charge in [0.1, 0.15) is 11.9 Å². The Morgan fingerprint density at radius 1 is 0.967 bits per heavy atom. The van der Waals surface area contributed by atoms with Crippen LogP contribution in [-0.2, 0) is 0 Å². The van der Waals surface area contributed by atoms with Gasteiger partial charge in [-0.3, -0.25) is 4.99 Å². The number of halogens is 1. The van der Waals surface area contributed by atoms with Crippen LogP contribution in [0.25, 0.3) is 0 Å². The van der Waals surface area contributed by atoms with Crippen molar-refractivity contribution in [2.45, 2.75) is 25.4 Å². The second-order valence-corrected chi connectivity index (χ2v) is 7.98. The van der Waals surface area contributed by atoms with Crippen LogP contribution in [0.5, 0.6) is 5.75 Å². The second-order valence-electron chi connectivity index (χ2n) is 7.98. The molecule has 2 aromatic rings. The molecule has 2 saturated heterocycles. The molecule has 1 N–H and O–H groups in total. The molecule has 0 radical (unpaired) electrons. The van der Waals surface area contributed by atoms with Crippen LogP contribution in [0.3, 0.4) is 0 Å². The average molecular weight is 520 g/mol. The van der Waals surface area contributed by atoms with Crippen molar-refractivity contribution < 1.29 is 4.74 Å². The van der Waals surface area contributed by atoms with Crippen LogP contribution in [0, 0.1) is 5.92 Å². The molecule has 2 aromatic carbocycles. The molecule has 0 aliphatic carbocycles. The summed E-state index contributed by atoms with van der Waals surface area (Å²) in [4.78, 5) is 9.39. The fraction of sp³-hybridized carbons (Fsp3) is 0.458. The van der Waals surface area contributed by atoms with Crippen molar-refractivity contribution in [1.82, 2.24) is 10.2 Å². The second kappa shape index (κ2) is 11.4. The van der Waals surface area contributed by atoms with Gasteiger partial charge in [-0.2, -0.15) is 0 Å². The number of aliphatic imine (C=N–C) groups is 1. The first kappa shape index (κ1) is 22.7. The fourth-order valence-corrected chi connectivity index (χ4v) is 4.32. The number of hydrogen-bond acceptors (Lipinski definition) is 3. The van der Waals surface area contributed by atoms with Gasteiger partial charge in [0.05, 0.1) is 0 Å². The lowest BCUT2D eigenvalue weighted by molar-refractivity contribution is 0.129. The van der Waals surface area contributed by atoms with E-state index in [4.69, 9.17) is 4.74 Å². The number of para-hydroxylation sites is 2. The molecule has 1 unspecified atom stereocenters. The van der Waals surface area contributed by atoms with Crippen LogP contribution < -0.4 is 15.0 Å². The highest BCUT2D eigenvalue weighted by Crippen LogP contribution is 2.23. The summed E-state index contributed by atoms with van der Waals surface area (Å²) in [6.45, 7) is 5.20. The monoisotopic (exact) mass is 520 g/mol. The van der Waals surface area contributed by atoms with E-state index in [0.29, 0.717) is 12.0 Å². The summed E-state index contributed by atoms with van der Waals surface area (Å²) < 4.78 is 6.12. The van der Waals surface area contributed by atoms with Crippen molar-refractivity contribution in [1.29, 1.82) is 0 Å². The molecular weight excluding hydrogens is 487 g/mol. The van der Waals surface area contributed by atoms with E-state index in [0.717, 1.165) is 57.3 Å². The molecule has 0 aromatic heterocycles. The first-order valence-corrected chi connectivity index (χ1v) is 10.8. The molecule has 4 rings (SSSR count). The number of hydrogen-bond donors (Lipinski definition) is 1. The van der Waals surface area contributed by atoms with Crippen molar-refractivity contribution in [2.24, 2.45) is 10.9 Å². The number of likely N-dealkylation sites (tertiary alicyclic amines) is 1. The number of rotatable bonds is 5. The van der Waals surface area contributed by atoms with E-state index < -0.39 is 0 Å². The molecule has 1 atom stereocenters. The zero-order valence-corrected chi connectivity index (χ0v) is 20.1. The van der Waals surface area contributed by atoms with Crippen molar-refractivity contribution in [3.8, 4) is 5.75 Å². The molecule has 162 valence electrons. The predicted octanol–water partition coefficient (Wildman–Crippen LogP) is 4.25. The highest BCUT2D eigenvalue weighted by atomic mass is 127. The molecule has 5 nitrogen and oxygen atoms in total. The molecule has 2 aliphatic heterocycles. The largest absolute Gasteiger partial charge is 0.490 e. The molecule has 0 bridgehead atoms. The van der Waals surface area contributed by atoms with E-state index in [1.165, 1.54) is 12.1 Å². The minimum Gasteiger partial charge on any atom is -0.490 e. The Bertz CT molecular complexity index is 778. The Balaban J connectivity index is 0.00000256. The van der Waals surface area contributed by atoms with Crippen LogP contribution in [0.15, 0.2) is 65.7 Å². The topological polar surface area (TPSA) is 40.1 Å². The third-order valence-electron chi connectivity index (χ3n) is 5.96. The summed E-state index contributed by atoms with van der Waals surface area (Å²) in [5.74, 6) is 2.66. The SMILES string of the molecule is CN=C(NCC1CCN(c2ccccc2)C1)N1CCC(Oc2ccccc2)CC1.I. The first-order valence-electron chi connectivity index (χ1n) is 10.8. The van der Waals surface area contributed by atoms with Crippen LogP contribution in [-0.4, -0.2) is 56.7 Å². The average Bonchev–Trinajstić information content (AvgIpc) is 3.26. The maximum absolute atomic E-state index is 6.12.